The lowest BCUT2D eigenvalue weighted by Gasteiger charge is -2.31. The molecule has 1 aliphatic rings. The first-order valence-corrected chi connectivity index (χ1v) is 5.71. The van der Waals surface area contributed by atoms with Crippen molar-refractivity contribution in [2.24, 2.45) is 11.7 Å². The average Bonchev–Trinajstić information content (AvgIpc) is 2.22. The van der Waals surface area contributed by atoms with Crippen LogP contribution in [-0.4, -0.2) is 42.4 Å². The molecule has 0 aromatic rings. The van der Waals surface area contributed by atoms with Crippen molar-refractivity contribution in [3.63, 3.8) is 0 Å². The number of nitrogens with two attached hydrogens (primary N) is 1. The number of amides is 2. The molecule has 1 heterocycles. The minimum absolute atomic E-state index is 0.0417. The summed E-state index contributed by atoms with van der Waals surface area (Å²) in [6, 6.07) is -0.428. The maximum Gasteiger partial charge on any atom is 0.237 e. The third kappa shape index (κ3) is 3.20. The minimum Gasteiger partial charge on any atom is -0.350 e. The fraction of sp³-hybridized carbons (Fsp3) is 0.818. The Labute approximate surface area is 96.4 Å². The highest BCUT2D eigenvalue weighted by atomic mass is 16.2. The zero-order chi connectivity index (χ0) is 12.3. The number of hydrogen-bond acceptors (Lipinski definition) is 3. The molecule has 1 fully saturated rings. The van der Waals surface area contributed by atoms with Crippen LogP contribution in [0.15, 0.2) is 0 Å². The van der Waals surface area contributed by atoms with Crippen LogP contribution in [0.3, 0.4) is 0 Å². The summed E-state index contributed by atoms with van der Waals surface area (Å²) in [6.07, 6.45) is 1.21. The lowest BCUT2D eigenvalue weighted by molar-refractivity contribution is -0.134. The van der Waals surface area contributed by atoms with Crippen LogP contribution in [0.1, 0.15) is 26.7 Å². The number of likely N-dealkylation sites (tertiary alicyclic amines) is 1. The van der Waals surface area contributed by atoms with Gasteiger partial charge in [-0.15, -0.1) is 0 Å². The van der Waals surface area contributed by atoms with Gasteiger partial charge in [0.25, 0.3) is 0 Å². The van der Waals surface area contributed by atoms with Gasteiger partial charge in [0, 0.05) is 26.1 Å². The number of nitrogens with one attached hydrogen (secondary N) is 1. The number of piperidine rings is 1. The van der Waals surface area contributed by atoms with Gasteiger partial charge in [-0.3, -0.25) is 9.59 Å². The highest BCUT2D eigenvalue weighted by Gasteiger charge is 2.26. The largest absolute Gasteiger partial charge is 0.350 e. The quantitative estimate of drug-likeness (QED) is 0.695. The molecule has 92 valence electrons. The van der Waals surface area contributed by atoms with Crippen molar-refractivity contribution in [3.8, 4) is 0 Å². The van der Waals surface area contributed by atoms with Gasteiger partial charge in [0.2, 0.25) is 11.8 Å². The number of carbonyl (C=O) groups excluding carboxylic acids is 2. The molecule has 1 unspecified atom stereocenters. The van der Waals surface area contributed by atoms with Crippen molar-refractivity contribution in [2.75, 3.05) is 13.6 Å². The molecular formula is C11H21N3O2. The van der Waals surface area contributed by atoms with Crippen molar-refractivity contribution >= 4 is 11.8 Å². The number of hydrogen-bond donors (Lipinski definition) is 2. The Hall–Kier alpha value is -1.10. The van der Waals surface area contributed by atoms with Crippen LogP contribution in [-0.2, 0) is 9.59 Å². The fourth-order valence-electron chi connectivity index (χ4n) is 1.73. The predicted octanol–water partition coefficient (Wildman–Crippen LogP) is -0.293. The Balaban J connectivity index is 2.43. The van der Waals surface area contributed by atoms with Crippen LogP contribution in [0.25, 0.3) is 0 Å². The van der Waals surface area contributed by atoms with Crippen molar-refractivity contribution in [3.05, 3.63) is 0 Å². The topological polar surface area (TPSA) is 75.4 Å². The van der Waals surface area contributed by atoms with E-state index in [9.17, 15) is 9.59 Å². The van der Waals surface area contributed by atoms with Gasteiger partial charge < -0.3 is 16.0 Å². The van der Waals surface area contributed by atoms with Crippen LogP contribution in [0.4, 0.5) is 0 Å². The van der Waals surface area contributed by atoms with Crippen molar-refractivity contribution in [2.45, 2.75) is 38.8 Å². The lowest BCUT2D eigenvalue weighted by atomic mass is 10.0. The molecule has 0 spiro atoms. The third-order valence-electron chi connectivity index (χ3n) is 2.99. The fourth-order valence-corrected chi connectivity index (χ4v) is 1.73. The van der Waals surface area contributed by atoms with Gasteiger partial charge in [0.1, 0.15) is 0 Å². The second-order valence-corrected chi connectivity index (χ2v) is 4.79. The Morgan fingerprint density at radius 2 is 2.19 bits per heavy atom. The van der Waals surface area contributed by atoms with Crippen molar-refractivity contribution in [1.82, 2.24) is 10.2 Å². The molecule has 0 bridgehead atoms. The molecule has 3 N–H and O–H groups in total. The van der Waals surface area contributed by atoms with E-state index in [1.165, 1.54) is 0 Å². The van der Waals surface area contributed by atoms with Gasteiger partial charge in [-0.2, -0.15) is 0 Å². The molecule has 0 saturated carbocycles. The summed E-state index contributed by atoms with van der Waals surface area (Å²) < 4.78 is 0. The maximum absolute atomic E-state index is 11.7. The Morgan fingerprint density at radius 3 is 2.69 bits per heavy atom. The number of rotatable bonds is 3. The lowest BCUT2D eigenvalue weighted by Crippen LogP contribution is -2.53. The molecule has 5 nitrogen and oxygen atoms in total. The molecule has 2 amide bonds. The highest BCUT2D eigenvalue weighted by Crippen LogP contribution is 2.10. The molecule has 1 aliphatic heterocycles. The summed E-state index contributed by atoms with van der Waals surface area (Å²) in [5, 5.41) is 2.89. The third-order valence-corrected chi connectivity index (χ3v) is 2.99. The standard InChI is InChI=1S/C11H21N3O2/c1-7(2)10(12)11(16)13-8-4-5-9(15)14(3)6-8/h7-8,10H,4-6,12H2,1-3H3,(H,13,16)/t8?,10-/m0/s1. The minimum atomic E-state index is -0.470. The summed E-state index contributed by atoms with van der Waals surface area (Å²) in [5.41, 5.74) is 5.75. The summed E-state index contributed by atoms with van der Waals surface area (Å²) in [6.45, 7) is 4.41. The van der Waals surface area contributed by atoms with E-state index < -0.39 is 6.04 Å². The van der Waals surface area contributed by atoms with Crippen LogP contribution >= 0.6 is 0 Å². The molecule has 0 radical (unpaired) electrons. The molecule has 0 aromatic carbocycles. The average molecular weight is 227 g/mol. The normalized spacial score (nSPS) is 23.4. The molecule has 0 aromatic heterocycles. The highest BCUT2D eigenvalue weighted by molar-refractivity contribution is 5.82. The first-order chi connectivity index (χ1) is 7.41. The van der Waals surface area contributed by atoms with E-state index in [4.69, 9.17) is 5.73 Å². The molecule has 5 heteroatoms. The maximum atomic E-state index is 11.7. The van der Waals surface area contributed by atoms with E-state index in [0.29, 0.717) is 19.4 Å². The van der Waals surface area contributed by atoms with E-state index >= 15 is 0 Å². The molecule has 0 aliphatic carbocycles. The van der Waals surface area contributed by atoms with Crippen LogP contribution < -0.4 is 11.1 Å². The molecule has 16 heavy (non-hydrogen) atoms. The molecule has 1 saturated heterocycles. The van der Waals surface area contributed by atoms with Gasteiger partial charge in [-0.05, 0) is 12.3 Å². The number of likely N-dealkylation sites (N-methyl/N-ethyl adjacent to an activating group) is 1. The number of carbonyl (C=O) groups is 2. The van der Waals surface area contributed by atoms with E-state index in [0.717, 1.165) is 0 Å². The van der Waals surface area contributed by atoms with Crippen LogP contribution in [0.2, 0.25) is 0 Å². The predicted molar refractivity (Wildman–Crippen MR) is 61.6 cm³/mol. The van der Waals surface area contributed by atoms with Gasteiger partial charge >= 0.3 is 0 Å². The monoisotopic (exact) mass is 227 g/mol. The van der Waals surface area contributed by atoms with Gasteiger partial charge in [0.15, 0.2) is 0 Å². The van der Waals surface area contributed by atoms with E-state index in [1.54, 1.807) is 11.9 Å². The zero-order valence-electron chi connectivity index (χ0n) is 10.2. The summed E-state index contributed by atoms with van der Waals surface area (Å²) in [4.78, 5) is 24.6. The second-order valence-electron chi connectivity index (χ2n) is 4.79. The SMILES string of the molecule is CC(C)[C@H](N)C(=O)NC1CCC(=O)N(C)C1. The van der Waals surface area contributed by atoms with E-state index in [1.807, 2.05) is 13.8 Å². The van der Waals surface area contributed by atoms with Crippen LogP contribution in [0, 0.1) is 5.92 Å². The Kier molecular flexibility index (Phi) is 4.29. The number of nitrogens with zero attached hydrogens (tertiary/aromatic N) is 1. The smallest absolute Gasteiger partial charge is 0.237 e. The van der Waals surface area contributed by atoms with Crippen molar-refractivity contribution < 1.29 is 9.59 Å². The van der Waals surface area contributed by atoms with Gasteiger partial charge in [0.05, 0.1) is 6.04 Å². The Bertz CT molecular complexity index is 278. The first-order valence-electron chi connectivity index (χ1n) is 5.71. The summed E-state index contributed by atoms with van der Waals surface area (Å²) in [7, 11) is 1.75. The van der Waals surface area contributed by atoms with E-state index in [-0.39, 0.29) is 23.8 Å². The molecule has 1 rings (SSSR count). The van der Waals surface area contributed by atoms with Gasteiger partial charge in [-0.1, -0.05) is 13.8 Å². The molecular weight excluding hydrogens is 206 g/mol. The van der Waals surface area contributed by atoms with Gasteiger partial charge in [-0.25, -0.2) is 0 Å². The second kappa shape index (κ2) is 5.30. The Morgan fingerprint density at radius 1 is 1.56 bits per heavy atom. The van der Waals surface area contributed by atoms with Crippen LogP contribution in [0.5, 0.6) is 0 Å². The summed E-state index contributed by atoms with van der Waals surface area (Å²) in [5.74, 6) is 0.143. The summed E-state index contributed by atoms with van der Waals surface area (Å²) >= 11 is 0. The van der Waals surface area contributed by atoms with E-state index in [2.05, 4.69) is 5.32 Å². The molecule has 2 atom stereocenters. The zero-order valence-corrected chi connectivity index (χ0v) is 10.2. The van der Waals surface area contributed by atoms with Crippen molar-refractivity contribution in [1.29, 1.82) is 0 Å². The first kappa shape index (κ1) is 13.0.